The molecule has 1 heterocycles. The number of benzene rings is 1. The molecule has 100 valence electrons. The number of ether oxygens (including phenoxy) is 1. The number of rotatable bonds is 3. The van der Waals surface area contributed by atoms with Gasteiger partial charge in [-0.1, -0.05) is 17.7 Å². The number of nitrogens with zero attached hydrogens (tertiary/aromatic N) is 1. The van der Waals surface area contributed by atoms with Crippen LogP contribution < -0.4 is 10.6 Å². The molecule has 4 heteroatoms. The molecule has 2 atom stereocenters. The minimum absolute atomic E-state index is 0.220. The van der Waals surface area contributed by atoms with E-state index in [-0.39, 0.29) is 12.2 Å². The number of anilines is 1. The smallest absolute Gasteiger partial charge is 0.0766 e. The number of hydrogen-bond acceptors (Lipinski definition) is 3. The van der Waals surface area contributed by atoms with Crippen molar-refractivity contribution in [1.29, 1.82) is 0 Å². The zero-order valence-electron chi connectivity index (χ0n) is 11.0. The van der Waals surface area contributed by atoms with Gasteiger partial charge in [-0.2, -0.15) is 0 Å². The lowest BCUT2D eigenvalue weighted by Gasteiger charge is -2.39. The maximum Gasteiger partial charge on any atom is 0.0766 e. The lowest BCUT2D eigenvalue weighted by molar-refractivity contribution is -0.0183. The molecule has 1 aliphatic heterocycles. The first-order valence-corrected chi connectivity index (χ1v) is 6.84. The topological polar surface area (TPSA) is 38.5 Å². The summed E-state index contributed by atoms with van der Waals surface area (Å²) in [6.45, 7) is 6.68. The minimum Gasteiger partial charge on any atom is -0.372 e. The van der Waals surface area contributed by atoms with Crippen molar-refractivity contribution in [3.05, 3.63) is 28.8 Å². The van der Waals surface area contributed by atoms with Crippen LogP contribution in [0.5, 0.6) is 0 Å². The molecule has 2 unspecified atom stereocenters. The number of morpholine rings is 1. The molecule has 0 saturated carbocycles. The van der Waals surface area contributed by atoms with Crippen molar-refractivity contribution in [2.24, 2.45) is 5.73 Å². The molecule has 0 aromatic heterocycles. The Kier molecular flexibility index (Phi) is 4.49. The van der Waals surface area contributed by atoms with Crippen LogP contribution in [0, 0.1) is 6.92 Å². The van der Waals surface area contributed by atoms with Crippen molar-refractivity contribution in [2.75, 3.05) is 24.5 Å². The normalized spacial score (nSPS) is 24.3. The molecule has 1 aromatic rings. The second-order valence-electron chi connectivity index (χ2n) is 4.98. The Bertz CT molecular complexity index is 411. The third-order valence-corrected chi connectivity index (χ3v) is 3.56. The first kappa shape index (κ1) is 13.7. The average Bonchev–Trinajstić information content (AvgIpc) is 2.32. The minimum atomic E-state index is 0.220. The molecular formula is C14H21ClN2O. The van der Waals surface area contributed by atoms with Crippen LogP contribution in [-0.4, -0.2) is 31.8 Å². The molecular weight excluding hydrogens is 248 g/mol. The van der Waals surface area contributed by atoms with Gasteiger partial charge in [0.25, 0.3) is 0 Å². The predicted octanol–water partition coefficient (Wildman–Crippen LogP) is 2.59. The Morgan fingerprint density at radius 2 is 2.22 bits per heavy atom. The van der Waals surface area contributed by atoms with Gasteiger partial charge in [0.1, 0.15) is 0 Å². The van der Waals surface area contributed by atoms with E-state index >= 15 is 0 Å². The maximum absolute atomic E-state index is 6.09. The molecule has 1 aromatic carbocycles. The number of hydrogen-bond donors (Lipinski definition) is 1. The molecule has 0 aliphatic carbocycles. The monoisotopic (exact) mass is 268 g/mol. The number of nitrogens with two attached hydrogens (primary N) is 1. The molecule has 0 bridgehead atoms. The first-order chi connectivity index (χ1) is 8.60. The highest BCUT2D eigenvalue weighted by atomic mass is 35.5. The van der Waals surface area contributed by atoms with Crippen LogP contribution in [-0.2, 0) is 4.74 Å². The van der Waals surface area contributed by atoms with Gasteiger partial charge in [-0.15, -0.1) is 0 Å². The van der Waals surface area contributed by atoms with E-state index in [0.717, 1.165) is 24.5 Å². The highest BCUT2D eigenvalue weighted by Gasteiger charge is 2.25. The summed E-state index contributed by atoms with van der Waals surface area (Å²) in [5, 5.41) is 0.783. The van der Waals surface area contributed by atoms with Crippen molar-refractivity contribution < 1.29 is 4.74 Å². The van der Waals surface area contributed by atoms with E-state index < -0.39 is 0 Å². The molecule has 1 saturated heterocycles. The Morgan fingerprint density at radius 1 is 1.44 bits per heavy atom. The standard InChI is InChI=1S/C14H21ClN2O/c1-10-3-4-12(15)7-14(10)17-8-11(2)18-13(9-17)5-6-16/h3-4,7,11,13H,5-6,8-9,16H2,1-2H3. The van der Waals surface area contributed by atoms with Crippen LogP contribution in [0.4, 0.5) is 5.69 Å². The van der Waals surface area contributed by atoms with Crippen molar-refractivity contribution in [1.82, 2.24) is 0 Å². The van der Waals surface area contributed by atoms with E-state index in [1.54, 1.807) is 0 Å². The van der Waals surface area contributed by atoms with Gasteiger partial charge in [-0.05, 0) is 44.5 Å². The van der Waals surface area contributed by atoms with Crippen molar-refractivity contribution in [3.63, 3.8) is 0 Å². The van der Waals surface area contributed by atoms with Gasteiger partial charge in [-0.25, -0.2) is 0 Å². The third kappa shape index (κ3) is 3.16. The van der Waals surface area contributed by atoms with Gasteiger partial charge in [0.15, 0.2) is 0 Å². The zero-order chi connectivity index (χ0) is 13.1. The highest BCUT2D eigenvalue weighted by molar-refractivity contribution is 6.30. The molecule has 2 N–H and O–H groups in total. The Morgan fingerprint density at radius 3 is 2.94 bits per heavy atom. The van der Waals surface area contributed by atoms with Crippen molar-refractivity contribution in [2.45, 2.75) is 32.5 Å². The van der Waals surface area contributed by atoms with Gasteiger partial charge in [0.2, 0.25) is 0 Å². The van der Waals surface area contributed by atoms with Crippen LogP contribution in [0.15, 0.2) is 18.2 Å². The quantitative estimate of drug-likeness (QED) is 0.916. The predicted molar refractivity (Wildman–Crippen MR) is 76.4 cm³/mol. The summed E-state index contributed by atoms with van der Waals surface area (Å²) in [7, 11) is 0. The largest absolute Gasteiger partial charge is 0.372 e. The fourth-order valence-electron chi connectivity index (χ4n) is 2.51. The fraction of sp³-hybridized carbons (Fsp3) is 0.571. The van der Waals surface area contributed by atoms with Gasteiger partial charge in [0, 0.05) is 23.8 Å². The summed E-state index contributed by atoms with van der Waals surface area (Å²) in [5.74, 6) is 0. The molecule has 1 aliphatic rings. The summed E-state index contributed by atoms with van der Waals surface area (Å²) < 4.78 is 5.89. The van der Waals surface area contributed by atoms with E-state index in [2.05, 4.69) is 24.8 Å². The van der Waals surface area contributed by atoms with E-state index in [1.165, 1.54) is 11.3 Å². The van der Waals surface area contributed by atoms with E-state index in [1.807, 2.05) is 12.1 Å². The highest BCUT2D eigenvalue weighted by Crippen LogP contribution is 2.27. The van der Waals surface area contributed by atoms with Crippen LogP contribution in [0.1, 0.15) is 18.9 Å². The van der Waals surface area contributed by atoms with Crippen LogP contribution in [0.2, 0.25) is 5.02 Å². The molecule has 0 spiro atoms. The zero-order valence-corrected chi connectivity index (χ0v) is 11.8. The molecule has 1 fully saturated rings. The van der Waals surface area contributed by atoms with Crippen LogP contribution >= 0.6 is 11.6 Å². The first-order valence-electron chi connectivity index (χ1n) is 6.46. The van der Waals surface area contributed by atoms with Gasteiger partial charge < -0.3 is 15.4 Å². The molecule has 0 radical (unpaired) electrons. The van der Waals surface area contributed by atoms with Gasteiger partial charge in [0.05, 0.1) is 12.2 Å². The lowest BCUT2D eigenvalue weighted by Crippen LogP contribution is -2.47. The second kappa shape index (κ2) is 5.91. The summed E-state index contributed by atoms with van der Waals surface area (Å²) in [6, 6.07) is 6.03. The Balaban J connectivity index is 2.18. The number of aryl methyl sites for hydroxylation is 1. The Hall–Kier alpha value is -0.770. The van der Waals surface area contributed by atoms with Crippen LogP contribution in [0.3, 0.4) is 0 Å². The number of halogens is 1. The van der Waals surface area contributed by atoms with Crippen molar-refractivity contribution in [3.8, 4) is 0 Å². The second-order valence-corrected chi connectivity index (χ2v) is 5.42. The third-order valence-electron chi connectivity index (χ3n) is 3.33. The van der Waals surface area contributed by atoms with Gasteiger partial charge in [-0.3, -0.25) is 0 Å². The van der Waals surface area contributed by atoms with Crippen LogP contribution in [0.25, 0.3) is 0 Å². The Labute approximate surface area is 114 Å². The molecule has 18 heavy (non-hydrogen) atoms. The van der Waals surface area contributed by atoms with E-state index in [9.17, 15) is 0 Å². The SMILES string of the molecule is Cc1ccc(Cl)cc1N1CC(C)OC(CCN)C1. The molecule has 3 nitrogen and oxygen atoms in total. The van der Waals surface area contributed by atoms with Gasteiger partial charge >= 0.3 is 0 Å². The summed E-state index contributed by atoms with van der Waals surface area (Å²) in [4.78, 5) is 2.36. The molecule has 0 amide bonds. The average molecular weight is 269 g/mol. The maximum atomic E-state index is 6.09. The lowest BCUT2D eigenvalue weighted by atomic mass is 10.1. The van der Waals surface area contributed by atoms with E-state index in [0.29, 0.717) is 6.54 Å². The molecule has 2 rings (SSSR count). The summed E-state index contributed by atoms with van der Waals surface area (Å²) in [6.07, 6.45) is 1.35. The summed E-state index contributed by atoms with van der Waals surface area (Å²) >= 11 is 6.09. The van der Waals surface area contributed by atoms with E-state index in [4.69, 9.17) is 22.1 Å². The van der Waals surface area contributed by atoms with Crippen molar-refractivity contribution >= 4 is 17.3 Å². The summed E-state index contributed by atoms with van der Waals surface area (Å²) in [5.41, 5.74) is 8.08. The fourth-order valence-corrected chi connectivity index (χ4v) is 2.68.